The molecule has 0 aliphatic rings. The van der Waals surface area contributed by atoms with Crippen LogP contribution in [0, 0.1) is 5.41 Å². The van der Waals surface area contributed by atoms with Gasteiger partial charge in [0.1, 0.15) is 0 Å². The van der Waals surface area contributed by atoms with Crippen molar-refractivity contribution < 1.29 is 10.2 Å². The van der Waals surface area contributed by atoms with Crippen molar-refractivity contribution in [3.05, 3.63) is 20.9 Å². The fraction of sp³-hybridized carbons (Fsp3) is 1.00. The second kappa shape index (κ2) is 3.97. The summed E-state index contributed by atoms with van der Waals surface area (Å²) in [5.74, 6) is -2.56. The molecule has 13 heavy (non-hydrogen) atoms. The molecule has 72 valence electrons. The van der Waals surface area contributed by atoms with Crippen molar-refractivity contribution >= 4 is 0 Å². The minimum Gasteiger partial charge on any atom is -0.361 e. The van der Waals surface area contributed by atoms with E-state index in [0.717, 1.165) is 0 Å². The van der Waals surface area contributed by atoms with Crippen molar-refractivity contribution in [1.82, 2.24) is 0 Å². The van der Waals surface area contributed by atoms with Gasteiger partial charge in [-0.1, -0.05) is 19.0 Å². The largest absolute Gasteiger partial charge is 0.361 e. The summed E-state index contributed by atoms with van der Waals surface area (Å²) in [6, 6.07) is 0. The van der Waals surface area contributed by atoms with Gasteiger partial charge in [-0.3, -0.25) is 0 Å². The molecule has 0 heterocycles. The van der Waals surface area contributed by atoms with E-state index in [-0.39, 0.29) is 6.54 Å². The van der Waals surface area contributed by atoms with E-state index in [2.05, 4.69) is 20.1 Å². The lowest BCUT2D eigenvalue weighted by Crippen LogP contribution is -2.44. The maximum Gasteiger partial charge on any atom is 0.249 e. The first kappa shape index (κ1) is 11.5. The van der Waals surface area contributed by atoms with E-state index >= 15 is 0 Å². The van der Waals surface area contributed by atoms with E-state index in [0.29, 0.717) is 0 Å². The first-order chi connectivity index (χ1) is 5.87. The molecule has 0 atom stereocenters. The van der Waals surface area contributed by atoms with Gasteiger partial charge in [-0.2, -0.15) is 0 Å². The SMILES string of the molecule is CC(C)(CN=[N+]=[N-])C(O)(O)N=[N+]=[N-]. The third-order valence-electron chi connectivity index (χ3n) is 1.62. The number of aliphatic hydroxyl groups is 2. The Labute approximate surface area is 74.1 Å². The van der Waals surface area contributed by atoms with Gasteiger partial charge in [-0.05, 0) is 16.2 Å². The topological polar surface area (TPSA) is 138 Å². The fourth-order valence-corrected chi connectivity index (χ4v) is 0.512. The molecule has 0 spiro atoms. The molecule has 0 saturated carbocycles. The van der Waals surface area contributed by atoms with E-state index in [1.54, 1.807) is 0 Å². The quantitative estimate of drug-likeness (QED) is 0.295. The Kier molecular flexibility index (Phi) is 3.53. The van der Waals surface area contributed by atoms with Crippen LogP contribution >= 0.6 is 0 Å². The van der Waals surface area contributed by atoms with Gasteiger partial charge in [-0.25, -0.2) is 0 Å². The molecule has 0 aromatic heterocycles. The molecule has 0 amide bonds. The Morgan fingerprint density at radius 1 is 1.23 bits per heavy atom. The summed E-state index contributed by atoms with van der Waals surface area (Å²) in [5.41, 5.74) is 14.8. The van der Waals surface area contributed by atoms with Crippen molar-refractivity contribution in [2.24, 2.45) is 15.6 Å². The molecule has 0 aromatic rings. The lowest BCUT2D eigenvalue weighted by molar-refractivity contribution is -0.224. The third kappa shape index (κ3) is 2.81. The van der Waals surface area contributed by atoms with Crippen molar-refractivity contribution in [3.8, 4) is 0 Å². The summed E-state index contributed by atoms with van der Waals surface area (Å²) in [6.45, 7) is 2.61. The zero-order chi connectivity index (χ0) is 10.5. The summed E-state index contributed by atoms with van der Waals surface area (Å²) < 4.78 is 0. The van der Waals surface area contributed by atoms with Crippen molar-refractivity contribution in [2.75, 3.05) is 6.54 Å². The van der Waals surface area contributed by atoms with Gasteiger partial charge >= 0.3 is 0 Å². The molecule has 0 unspecified atom stereocenters. The molecule has 0 saturated heterocycles. The van der Waals surface area contributed by atoms with Crippen LogP contribution in [-0.2, 0) is 0 Å². The van der Waals surface area contributed by atoms with E-state index in [1.807, 2.05) is 0 Å². The maximum atomic E-state index is 9.22. The molecule has 0 radical (unpaired) electrons. The van der Waals surface area contributed by atoms with Crippen LogP contribution in [0.1, 0.15) is 13.8 Å². The summed E-state index contributed by atoms with van der Waals surface area (Å²) >= 11 is 0. The molecule has 2 N–H and O–H groups in total. The first-order valence-corrected chi connectivity index (χ1v) is 3.39. The van der Waals surface area contributed by atoms with Gasteiger partial charge < -0.3 is 10.2 Å². The Morgan fingerprint density at radius 3 is 2.15 bits per heavy atom. The maximum absolute atomic E-state index is 9.22. The molecule has 0 bridgehead atoms. The summed E-state index contributed by atoms with van der Waals surface area (Å²) in [4.78, 5) is 4.73. The molecule has 0 fully saturated rings. The van der Waals surface area contributed by atoms with Crippen molar-refractivity contribution in [1.29, 1.82) is 0 Å². The zero-order valence-electron chi connectivity index (χ0n) is 7.28. The van der Waals surface area contributed by atoms with Gasteiger partial charge in [0.25, 0.3) is 0 Å². The Bertz CT molecular complexity index is 273. The predicted octanol–water partition coefficient (Wildman–Crippen LogP) is 1.27. The highest BCUT2D eigenvalue weighted by molar-refractivity contribution is 4.84. The van der Waals surface area contributed by atoms with Gasteiger partial charge in [0, 0.05) is 21.8 Å². The molecular formula is C5H10N6O2. The Morgan fingerprint density at radius 2 is 1.77 bits per heavy atom. The monoisotopic (exact) mass is 186 g/mol. The van der Waals surface area contributed by atoms with E-state index in [1.165, 1.54) is 13.8 Å². The number of hydrogen-bond donors (Lipinski definition) is 2. The van der Waals surface area contributed by atoms with E-state index < -0.39 is 11.3 Å². The summed E-state index contributed by atoms with van der Waals surface area (Å²) in [6.07, 6.45) is 0. The highest BCUT2D eigenvalue weighted by Crippen LogP contribution is 2.30. The Hall–Kier alpha value is -1.46. The van der Waals surface area contributed by atoms with Crippen LogP contribution in [0.15, 0.2) is 10.2 Å². The van der Waals surface area contributed by atoms with Crippen LogP contribution in [0.5, 0.6) is 0 Å². The van der Waals surface area contributed by atoms with Crippen LogP contribution < -0.4 is 0 Å². The minimum absolute atomic E-state index is 0.185. The van der Waals surface area contributed by atoms with Crippen molar-refractivity contribution in [3.63, 3.8) is 0 Å². The average molecular weight is 186 g/mol. The first-order valence-electron chi connectivity index (χ1n) is 3.39. The fourth-order valence-electron chi connectivity index (χ4n) is 0.512. The van der Waals surface area contributed by atoms with Crippen LogP contribution in [-0.4, -0.2) is 22.7 Å². The lowest BCUT2D eigenvalue weighted by atomic mass is 9.89. The minimum atomic E-state index is -2.56. The molecule has 8 heteroatoms. The van der Waals surface area contributed by atoms with Gasteiger partial charge in [0.05, 0.1) is 0 Å². The standard InChI is InChI=1S/C5H10N6O2/c1-4(2,3-8-10-6)5(12,13)9-11-7/h12-13H,3H2,1-2H3. The highest BCUT2D eigenvalue weighted by atomic mass is 16.5. The number of nitrogens with zero attached hydrogens (tertiary/aromatic N) is 6. The number of hydrogen-bond acceptors (Lipinski definition) is 4. The van der Waals surface area contributed by atoms with Crippen LogP contribution in [0.4, 0.5) is 0 Å². The summed E-state index contributed by atoms with van der Waals surface area (Å²) in [5, 5.41) is 24.4. The van der Waals surface area contributed by atoms with Crippen LogP contribution in [0.2, 0.25) is 0 Å². The molecule has 0 aliphatic heterocycles. The smallest absolute Gasteiger partial charge is 0.249 e. The van der Waals surface area contributed by atoms with Crippen molar-refractivity contribution in [2.45, 2.75) is 19.8 Å². The molecular weight excluding hydrogens is 176 g/mol. The summed E-state index contributed by atoms with van der Waals surface area (Å²) in [7, 11) is 0. The molecule has 8 nitrogen and oxygen atoms in total. The third-order valence-corrected chi connectivity index (χ3v) is 1.62. The number of azide groups is 2. The molecule has 0 rings (SSSR count). The Balaban J connectivity index is 4.78. The number of rotatable bonds is 4. The predicted molar refractivity (Wildman–Crippen MR) is 44.1 cm³/mol. The van der Waals surface area contributed by atoms with Gasteiger partial charge in [0.15, 0.2) is 0 Å². The van der Waals surface area contributed by atoms with Crippen LogP contribution in [0.25, 0.3) is 20.9 Å². The second-order valence-electron chi connectivity index (χ2n) is 3.10. The average Bonchev–Trinajstić information content (AvgIpc) is 2.00. The van der Waals surface area contributed by atoms with E-state index in [9.17, 15) is 10.2 Å². The lowest BCUT2D eigenvalue weighted by Gasteiger charge is -2.32. The van der Waals surface area contributed by atoms with Gasteiger partial charge in [-0.15, -0.1) is 0 Å². The normalized spacial score (nSPS) is 11.4. The van der Waals surface area contributed by atoms with Crippen LogP contribution in [0.3, 0.4) is 0 Å². The van der Waals surface area contributed by atoms with Gasteiger partial charge in [0.2, 0.25) is 5.91 Å². The highest BCUT2D eigenvalue weighted by Gasteiger charge is 2.40. The second-order valence-corrected chi connectivity index (χ2v) is 3.10. The molecule has 0 aliphatic carbocycles. The zero-order valence-corrected chi connectivity index (χ0v) is 7.28. The van der Waals surface area contributed by atoms with E-state index in [4.69, 9.17) is 11.1 Å². The molecule has 0 aromatic carbocycles.